The van der Waals surface area contributed by atoms with Gasteiger partial charge in [0.25, 0.3) is 0 Å². The second kappa shape index (κ2) is 11.2. The van der Waals surface area contributed by atoms with E-state index in [0.29, 0.717) is 0 Å². The van der Waals surface area contributed by atoms with Crippen molar-refractivity contribution in [3.63, 3.8) is 0 Å². The molecule has 0 fully saturated rings. The van der Waals surface area contributed by atoms with Crippen LogP contribution in [-0.2, 0) is 19.6 Å². The monoisotopic (exact) mass is 519 g/mol. The van der Waals surface area contributed by atoms with Gasteiger partial charge in [0, 0.05) is 16.7 Å². The summed E-state index contributed by atoms with van der Waals surface area (Å²) in [6.07, 6.45) is 0. The predicted molar refractivity (Wildman–Crippen MR) is 116 cm³/mol. The van der Waals surface area contributed by atoms with Crippen molar-refractivity contribution in [1.29, 1.82) is 0 Å². The van der Waals surface area contributed by atoms with Crippen molar-refractivity contribution >= 4 is 0 Å². The summed E-state index contributed by atoms with van der Waals surface area (Å²) in [6.45, 7) is 2.46. The van der Waals surface area contributed by atoms with E-state index in [1.807, 2.05) is 36.4 Å². The molecule has 3 aromatic carbocycles. The summed E-state index contributed by atoms with van der Waals surface area (Å²) in [5.41, 5.74) is 3.55. The van der Waals surface area contributed by atoms with E-state index in [2.05, 4.69) is 43.4 Å². The molecule has 3 aromatic rings. The van der Waals surface area contributed by atoms with Gasteiger partial charge in [0.2, 0.25) is 0 Å². The maximum atomic E-state index is 5.62. The highest BCUT2D eigenvalue weighted by molar-refractivity contribution is 5.35. The number of quaternary nitrogens is 1. The van der Waals surface area contributed by atoms with E-state index in [4.69, 9.17) is 14.2 Å². The van der Waals surface area contributed by atoms with Gasteiger partial charge >= 0.3 is 0 Å². The molecule has 0 amide bonds. The van der Waals surface area contributed by atoms with Crippen LogP contribution in [0.15, 0.2) is 72.8 Å². The zero-order valence-electron chi connectivity index (χ0n) is 18.1. The Labute approximate surface area is 197 Å². The molecule has 0 aliphatic rings. The summed E-state index contributed by atoms with van der Waals surface area (Å²) in [5.74, 6) is 2.74. The van der Waals surface area contributed by atoms with Gasteiger partial charge < -0.3 is 42.7 Å². The summed E-state index contributed by atoms with van der Waals surface area (Å²) >= 11 is 0. The maximum Gasteiger partial charge on any atom is 0.127 e. The molecule has 0 N–H and O–H groups in total. The van der Waals surface area contributed by atoms with Crippen LogP contribution >= 0.6 is 0 Å². The highest BCUT2D eigenvalue weighted by atomic mass is 127. The van der Waals surface area contributed by atoms with Gasteiger partial charge in [0.05, 0.1) is 28.4 Å². The van der Waals surface area contributed by atoms with Crippen LogP contribution in [0.25, 0.3) is 0 Å². The van der Waals surface area contributed by atoms with Gasteiger partial charge in [0.1, 0.15) is 36.9 Å². The minimum Gasteiger partial charge on any atom is -1.00 e. The molecule has 0 bridgehead atoms. The topological polar surface area (TPSA) is 27.7 Å². The average Bonchev–Trinajstić information content (AvgIpc) is 2.74. The van der Waals surface area contributed by atoms with Crippen LogP contribution in [0.3, 0.4) is 0 Å². The zero-order chi connectivity index (χ0) is 20.7. The maximum absolute atomic E-state index is 5.62. The van der Waals surface area contributed by atoms with Crippen LogP contribution in [0.1, 0.15) is 16.7 Å². The van der Waals surface area contributed by atoms with Crippen LogP contribution in [0.2, 0.25) is 0 Å². The Kier molecular flexibility index (Phi) is 8.99. The summed E-state index contributed by atoms with van der Waals surface area (Å²) < 4.78 is 17.6. The van der Waals surface area contributed by atoms with E-state index < -0.39 is 0 Å². The first-order valence-electron chi connectivity index (χ1n) is 9.78. The van der Waals surface area contributed by atoms with E-state index in [9.17, 15) is 0 Å². The highest BCUT2D eigenvalue weighted by Gasteiger charge is 2.27. The Balaban J connectivity index is 0.00000320. The lowest BCUT2D eigenvalue weighted by Crippen LogP contribution is -3.00. The summed E-state index contributed by atoms with van der Waals surface area (Å²) in [5, 5.41) is 0. The molecule has 0 saturated carbocycles. The summed E-state index contributed by atoms with van der Waals surface area (Å²) in [7, 11) is 7.45. The lowest BCUT2D eigenvalue weighted by atomic mass is 10.1. The summed E-state index contributed by atoms with van der Waals surface area (Å²) in [6, 6.07) is 24.7. The Morgan fingerprint density at radius 1 is 0.533 bits per heavy atom. The quantitative estimate of drug-likeness (QED) is 0.320. The molecular formula is C25H30INO3. The standard InChI is InChI=1S/C25H30NO3.HI/c1-26(17-20-11-5-8-14-23(20)27-2,18-21-12-6-9-15-24(21)28-3)19-22-13-7-10-16-25(22)29-4;/h5-16H,17-19H2,1-4H3;1H/q+1;/p-1. The Morgan fingerprint density at radius 3 is 1.07 bits per heavy atom. The third-order valence-electron chi connectivity index (χ3n) is 5.23. The van der Waals surface area contributed by atoms with Crippen LogP contribution < -0.4 is 38.2 Å². The molecule has 0 aliphatic carbocycles. The summed E-state index contributed by atoms with van der Waals surface area (Å²) in [4.78, 5) is 0. The predicted octanol–water partition coefficient (Wildman–Crippen LogP) is 2.06. The van der Waals surface area contributed by atoms with Crippen molar-refractivity contribution in [1.82, 2.24) is 0 Å². The number of nitrogens with zero attached hydrogens (tertiary/aromatic N) is 1. The van der Waals surface area contributed by atoms with Crippen molar-refractivity contribution in [2.45, 2.75) is 19.6 Å². The van der Waals surface area contributed by atoms with Crippen LogP contribution in [0, 0.1) is 0 Å². The van der Waals surface area contributed by atoms with Crippen molar-refractivity contribution < 1.29 is 42.7 Å². The molecule has 0 atom stereocenters. The molecular weight excluding hydrogens is 489 g/mol. The normalized spacial score (nSPS) is 10.8. The first-order chi connectivity index (χ1) is 14.1. The highest BCUT2D eigenvalue weighted by Crippen LogP contribution is 2.31. The Morgan fingerprint density at radius 2 is 0.800 bits per heavy atom. The number of rotatable bonds is 9. The van der Waals surface area contributed by atoms with Crippen LogP contribution in [-0.4, -0.2) is 32.9 Å². The molecule has 160 valence electrons. The molecule has 0 heterocycles. The van der Waals surface area contributed by atoms with Crippen molar-refractivity contribution in [3.8, 4) is 17.2 Å². The van der Waals surface area contributed by atoms with Crippen molar-refractivity contribution in [2.75, 3.05) is 28.4 Å². The second-order valence-corrected chi connectivity index (χ2v) is 7.53. The third kappa shape index (κ3) is 5.89. The van der Waals surface area contributed by atoms with E-state index in [1.165, 1.54) is 16.7 Å². The van der Waals surface area contributed by atoms with E-state index in [0.717, 1.165) is 41.4 Å². The molecule has 0 spiro atoms. The minimum absolute atomic E-state index is 0. The van der Waals surface area contributed by atoms with Gasteiger partial charge in [-0.1, -0.05) is 36.4 Å². The van der Waals surface area contributed by atoms with Gasteiger partial charge in [-0.05, 0) is 36.4 Å². The minimum atomic E-state index is 0. The van der Waals surface area contributed by atoms with Gasteiger partial charge in [-0.3, -0.25) is 0 Å². The Bertz CT molecular complexity index is 824. The molecule has 4 nitrogen and oxygen atoms in total. The fourth-order valence-electron chi connectivity index (χ4n) is 3.90. The van der Waals surface area contributed by atoms with E-state index in [-0.39, 0.29) is 24.0 Å². The van der Waals surface area contributed by atoms with Gasteiger partial charge in [-0.25, -0.2) is 0 Å². The second-order valence-electron chi connectivity index (χ2n) is 7.53. The van der Waals surface area contributed by atoms with Gasteiger partial charge in [0.15, 0.2) is 0 Å². The largest absolute Gasteiger partial charge is 1.00 e. The molecule has 0 unspecified atom stereocenters. The van der Waals surface area contributed by atoms with Gasteiger partial charge in [-0.2, -0.15) is 0 Å². The molecule has 0 saturated heterocycles. The SMILES string of the molecule is COc1ccccc1C[N+](C)(Cc1ccccc1OC)Cc1ccccc1OC.[I-]. The molecule has 3 rings (SSSR count). The third-order valence-corrected chi connectivity index (χ3v) is 5.23. The number of ether oxygens (including phenoxy) is 3. The van der Waals surface area contributed by atoms with E-state index >= 15 is 0 Å². The van der Waals surface area contributed by atoms with Crippen LogP contribution in [0.4, 0.5) is 0 Å². The number of halogens is 1. The number of methoxy groups -OCH3 is 3. The molecule has 5 heteroatoms. The average molecular weight is 519 g/mol. The van der Waals surface area contributed by atoms with Crippen LogP contribution in [0.5, 0.6) is 17.2 Å². The lowest BCUT2D eigenvalue weighted by molar-refractivity contribution is -0.948. The number of para-hydroxylation sites is 3. The number of hydrogen-bond acceptors (Lipinski definition) is 3. The number of benzene rings is 3. The zero-order valence-corrected chi connectivity index (χ0v) is 20.3. The molecule has 0 aliphatic heterocycles. The van der Waals surface area contributed by atoms with Crippen molar-refractivity contribution in [3.05, 3.63) is 89.5 Å². The molecule has 0 radical (unpaired) electrons. The Hall–Kier alpha value is -2.25. The fraction of sp³-hybridized carbons (Fsp3) is 0.280. The van der Waals surface area contributed by atoms with Gasteiger partial charge in [-0.15, -0.1) is 0 Å². The molecule has 30 heavy (non-hydrogen) atoms. The fourth-order valence-corrected chi connectivity index (χ4v) is 3.90. The lowest BCUT2D eigenvalue weighted by Gasteiger charge is -2.36. The smallest absolute Gasteiger partial charge is 0.127 e. The van der Waals surface area contributed by atoms with E-state index in [1.54, 1.807) is 21.3 Å². The first kappa shape index (κ1) is 24.0. The molecule has 0 aromatic heterocycles. The van der Waals surface area contributed by atoms with Crippen molar-refractivity contribution in [2.24, 2.45) is 0 Å². The first-order valence-corrected chi connectivity index (χ1v) is 9.78. The number of hydrogen-bond donors (Lipinski definition) is 0.